The molecule has 24 heavy (non-hydrogen) atoms. The van der Waals surface area contributed by atoms with Gasteiger partial charge >= 0.3 is 0 Å². The van der Waals surface area contributed by atoms with Crippen LogP contribution in [0.25, 0.3) is 11.1 Å². The molecule has 1 aliphatic heterocycles. The number of hydrogen-bond donors (Lipinski definition) is 2. The molecule has 0 saturated carbocycles. The predicted molar refractivity (Wildman–Crippen MR) is 91.4 cm³/mol. The Labute approximate surface area is 143 Å². The summed E-state index contributed by atoms with van der Waals surface area (Å²) in [5.74, 6) is 0.559. The minimum absolute atomic E-state index is 0.0192. The molecule has 0 spiro atoms. The summed E-state index contributed by atoms with van der Waals surface area (Å²) in [6.45, 7) is 7.41. The first kappa shape index (κ1) is 16.6. The van der Waals surface area contributed by atoms with Gasteiger partial charge in [-0.15, -0.1) is 0 Å². The summed E-state index contributed by atoms with van der Waals surface area (Å²) in [7, 11) is -1.42. The van der Waals surface area contributed by atoms with Crippen molar-refractivity contribution in [3.8, 4) is 34.1 Å². The number of phenols is 2. The molecule has 1 heterocycles. The molecule has 5 nitrogen and oxygen atoms in total. The molecule has 0 amide bonds. The van der Waals surface area contributed by atoms with Crippen LogP contribution in [0.3, 0.4) is 0 Å². The Morgan fingerprint density at radius 1 is 0.792 bits per heavy atom. The van der Waals surface area contributed by atoms with Gasteiger partial charge in [0, 0.05) is 23.3 Å². The monoisotopic (exact) mass is 348 g/mol. The van der Waals surface area contributed by atoms with E-state index in [1.165, 1.54) is 12.1 Å². The van der Waals surface area contributed by atoms with E-state index in [4.69, 9.17) is 9.47 Å². The second-order valence-electron chi connectivity index (χ2n) is 6.23. The van der Waals surface area contributed by atoms with Gasteiger partial charge < -0.3 is 19.7 Å². The lowest BCUT2D eigenvalue weighted by molar-refractivity contribution is 0.231. The Bertz CT molecular complexity index is 759. The maximum atomic E-state index is 12.8. The Morgan fingerprint density at radius 3 is 1.50 bits per heavy atom. The molecule has 2 aromatic rings. The van der Waals surface area contributed by atoms with E-state index in [0.29, 0.717) is 32.4 Å². The topological polar surface area (TPSA) is 76.0 Å². The zero-order valence-corrected chi connectivity index (χ0v) is 14.8. The highest BCUT2D eigenvalue weighted by Crippen LogP contribution is 2.48. The van der Waals surface area contributed by atoms with Crippen LogP contribution in [0.5, 0.6) is 23.0 Å². The van der Waals surface area contributed by atoms with Gasteiger partial charge in [0.25, 0.3) is 0 Å². The van der Waals surface area contributed by atoms with Crippen molar-refractivity contribution in [1.82, 2.24) is 0 Å². The largest absolute Gasteiger partial charge is 0.504 e. The normalized spacial score (nSPS) is 13.2. The summed E-state index contributed by atoms with van der Waals surface area (Å²) in [6, 6.07) is 6.25. The third-order valence-electron chi connectivity index (χ3n) is 3.54. The minimum Gasteiger partial charge on any atom is -0.504 e. The molecule has 6 heteroatoms. The molecule has 2 aromatic carbocycles. The van der Waals surface area contributed by atoms with Crippen LogP contribution in [0.4, 0.5) is 0 Å². The van der Waals surface area contributed by atoms with Gasteiger partial charge in [0.15, 0.2) is 23.0 Å². The molecule has 0 bridgehead atoms. The number of ether oxygens (including phenoxy) is 2. The molecule has 128 valence electrons. The molecule has 0 atom stereocenters. The van der Waals surface area contributed by atoms with Crippen molar-refractivity contribution >= 4 is 10.8 Å². The van der Waals surface area contributed by atoms with Crippen LogP contribution in [-0.4, -0.2) is 26.6 Å². The van der Waals surface area contributed by atoms with Crippen LogP contribution in [0, 0.1) is 0 Å². The number of benzene rings is 2. The lowest BCUT2D eigenvalue weighted by atomic mass is 10.0. The fourth-order valence-corrected chi connectivity index (χ4v) is 4.04. The molecular formula is C18H20O5S. The molecule has 2 N–H and O–H groups in total. The van der Waals surface area contributed by atoms with Crippen molar-refractivity contribution in [3.05, 3.63) is 24.3 Å². The van der Waals surface area contributed by atoms with Crippen molar-refractivity contribution in [3.63, 3.8) is 0 Å². The van der Waals surface area contributed by atoms with E-state index in [2.05, 4.69) is 0 Å². The van der Waals surface area contributed by atoms with Crippen molar-refractivity contribution in [2.75, 3.05) is 0 Å². The summed E-state index contributed by atoms with van der Waals surface area (Å²) >= 11 is 0. The van der Waals surface area contributed by atoms with Crippen molar-refractivity contribution in [1.29, 1.82) is 0 Å². The molecule has 1 aliphatic rings. The quantitative estimate of drug-likeness (QED) is 0.750. The fraction of sp³-hybridized carbons (Fsp3) is 0.333. The van der Waals surface area contributed by atoms with E-state index in [0.717, 1.165) is 0 Å². The lowest BCUT2D eigenvalue weighted by Crippen LogP contribution is -2.06. The summed E-state index contributed by atoms with van der Waals surface area (Å²) in [6.07, 6.45) is -0.220. The van der Waals surface area contributed by atoms with Gasteiger partial charge in [0.05, 0.1) is 32.8 Å². The van der Waals surface area contributed by atoms with E-state index >= 15 is 0 Å². The summed E-state index contributed by atoms with van der Waals surface area (Å²) in [5, 5.41) is 20.3. The third-order valence-corrected chi connectivity index (χ3v) is 5.01. The SMILES string of the molecule is CC(C)Oc1cc2c(cc1O)-c1cc(O)c(OC(C)C)cc1S2=O. The van der Waals surface area contributed by atoms with Gasteiger partial charge in [0.1, 0.15) is 0 Å². The average Bonchev–Trinajstić information content (AvgIpc) is 2.72. The minimum atomic E-state index is -1.42. The molecule has 3 rings (SSSR count). The Balaban J connectivity index is 2.11. The predicted octanol–water partition coefficient (Wildman–Crippen LogP) is 3.82. The first-order chi connectivity index (χ1) is 11.3. The highest BCUT2D eigenvalue weighted by Gasteiger charge is 2.30. The molecule has 0 fully saturated rings. The van der Waals surface area contributed by atoms with Crippen LogP contribution in [0.1, 0.15) is 27.7 Å². The average molecular weight is 348 g/mol. The van der Waals surface area contributed by atoms with E-state index in [-0.39, 0.29) is 23.7 Å². The number of hydrogen-bond acceptors (Lipinski definition) is 5. The molecule has 0 aromatic heterocycles. The van der Waals surface area contributed by atoms with Crippen LogP contribution >= 0.6 is 0 Å². The maximum Gasteiger partial charge on any atom is 0.162 e. The summed E-state index contributed by atoms with van der Waals surface area (Å²) in [4.78, 5) is 1.11. The van der Waals surface area contributed by atoms with Crippen LogP contribution in [0.15, 0.2) is 34.1 Å². The Hall–Kier alpha value is -2.21. The van der Waals surface area contributed by atoms with Gasteiger partial charge in [0.2, 0.25) is 0 Å². The molecular weight excluding hydrogens is 328 g/mol. The maximum absolute atomic E-state index is 12.8. The fourth-order valence-electron chi connectivity index (χ4n) is 2.64. The zero-order valence-electron chi connectivity index (χ0n) is 14.0. The van der Waals surface area contributed by atoms with Crippen molar-refractivity contribution < 1.29 is 23.9 Å². The van der Waals surface area contributed by atoms with Crippen LogP contribution < -0.4 is 9.47 Å². The van der Waals surface area contributed by atoms with Gasteiger partial charge in [-0.1, -0.05) is 0 Å². The first-order valence-corrected chi connectivity index (χ1v) is 8.92. The van der Waals surface area contributed by atoms with Crippen LogP contribution in [-0.2, 0) is 10.8 Å². The van der Waals surface area contributed by atoms with Gasteiger partial charge in [-0.25, -0.2) is 4.21 Å². The number of aromatic hydroxyl groups is 2. The van der Waals surface area contributed by atoms with E-state index in [9.17, 15) is 14.4 Å². The number of phenolic OH excluding ortho intramolecular Hbond substituents is 2. The van der Waals surface area contributed by atoms with Crippen molar-refractivity contribution in [2.24, 2.45) is 0 Å². The number of fused-ring (bicyclic) bond motifs is 3. The van der Waals surface area contributed by atoms with Gasteiger partial charge in [-0.05, 0) is 39.8 Å². The van der Waals surface area contributed by atoms with Gasteiger partial charge in [-0.2, -0.15) is 0 Å². The number of rotatable bonds is 4. The molecule has 0 aliphatic carbocycles. The highest BCUT2D eigenvalue weighted by atomic mass is 32.2. The van der Waals surface area contributed by atoms with E-state index < -0.39 is 10.8 Å². The van der Waals surface area contributed by atoms with Crippen molar-refractivity contribution in [2.45, 2.75) is 49.7 Å². The first-order valence-electron chi connectivity index (χ1n) is 7.77. The Kier molecular flexibility index (Phi) is 4.17. The molecule has 0 saturated heterocycles. The summed E-state index contributed by atoms with van der Waals surface area (Å²) < 4.78 is 23.9. The van der Waals surface area contributed by atoms with Crippen LogP contribution in [0.2, 0.25) is 0 Å². The molecule has 0 radical (unpaired) electrons. The third kappa shape index (κ3) is 2.82. The van der Waals surface area contributed by atoms with E-state index in [1.54, 1.807) is 12.1 Å². The lowest BCUT2D eigenvalue weighted by Gasteiger charge is -2.13. The smallest absolute Gasteiger partial charge is 0.162 e. The van der Waals surface area contributed by atoms with Gasteiger partial charge in [-0.3, -0.25) is 0 Å². The second-order valence-corrected chi connectivity index (χ2v) is 7.65. The highest BCUT2D eigenvalue weighted by molar-refractivity contribution is 7.85. The Morgan fingerprint density at radius 2 is 1.17 bits per heavy atom. The summed E-state index contributed by atoms with van der Waals surface area (Å²) in [5.41, 5.74) is 1.26. The second kappa shape index (κ2) is 6.02. The van der Waals surface area contributed by atoms with E-state index in [1.807, 2.05) is 27.7 Å². The molecule has 0 unspecified atom stereocenters. The standard InChI is InChI=1S/C18H20O5S/c1-9(2)22-15-7-17-11(5-13(15)19)12-6-14(20)16(23-10(3)4)8-18(12)24(17)21/h5-10,19-20H,1-4H3. The zero-order chi connectivity index (χ0) is 17.6.